The highest BCUT2D eigenvalue weighted by Gasteiger charge is 2.18. The van der Waals surface area contributed by atoms with E-state index in [1.165, 1.54) is 0 Å². The second kappa shape index (κ2) is 5.24. The van der Waals surface area contributed by atoms with Crippen LogP contribution in [0.4, 0.5) is 0 Å². The SMILES string of the molecule is CCCC1NNC(=NCC(C)=O)S1. The summed E-state index contributed by atoms with van der Waals surface area (Å²) in [4.78, 5) is 14.8. The zero-order chi connectivity index (χ0) is 9.68. The van der Waals surface area contributed by atoms with Gasteiger partial charge in [0, 0.05) is 0 Å². The smallest absolute Gasteiger partial charge is 0.173 e. The fraction of sp³-hybridized carbons (Fsp3) is 0.750. The average molecular weight is 201 g/mol. The minimum atomic E-state index is 0.0915. The predicted octanol–water partition coefficient (Wildman–Crippen LogP) is 0.899. The van der Waals surface area contributed by atoms with Crippen molar-refractivity contribution in [1.82, 2.24) is 10.9 Å². The summed E-state index contributed by atoms with van der Waals surface area (Å²) in [6.07, 6.45) is 2.25. The van der Waals surface area contributed by atoms with Crippen molar-refractivity contribution in [3.8, 4) is 0 Å². The third-order valence-electron chi connectivity index (χ3n) is 1.59. The molecule has 0 aromatic carbocycles. The largest absolute Gasteiger partial charge is 0.299 e. The van der Waals surface area contributed by atoms with Crippen LogP contribution in [0.1, 0.15) is 26.7 Å². The molecule has 1 atom stereocenters. The Morgan fingerprint density at radius 3 is 3.08 bits per heavy atom. The minimum absolute atomic E-state index is 0.0915. The topological polar surface area (TPSA) is 53.5 Å². The summed E-state index contributed by atoms with van der Waals surface area (Å²) >= 11 is 1.65. The number of rotatable bonds is 4. The van der Waals surface area contributed by atoms with Crippen molar-refractivity contribution in [3.05, 3.63) is 0 Å². The third kappa shape index (κ3) is 3.78. The number of ketones is 1. The van der Waals surface area contributed by atoms with Crippen molar-refractivity contribution in [2.45, 2.75) is 32.1 Å². The van der Waals surface area contributed by atoms with Gasteiger partial charge >= 0.3 is 0 Å². The Bertz CT molecular complexity index is 217. The molecule has 1 rings (SSSR count). The number of Topliss-reactive ketones (excluding diaryl/α,β-unsaturated/α-hetero) is 1. The molecule has 1 heterocycles. The highest BCUT2D eigenvalue weighted by Crippen LogP contribution is 2.18. The first-order chi connectivity index (χ1) is 6.22. The molecule has 4 nitrogen and oxygen atoms in total. The molecule has 0 amide bonds. The van der Waals surface area contributed by atoms with E-state index in [0.29, 0.717) is 5.37 Å². The van der Waals surface area contributed by atoms with E-state index in [9.17, 15) is 4.79 Å². The molecule has 0 radical (unpaired) electrons. The number of thioether (sulfide) groups is 1. The standard InChI is InChI=1S/C8H15N3OS/c1-3-4-7-10-11-8(13-7)9-5-6(2)12/h7,10H,3-5H2,1-2H3,(H,9,11). The number of carbonyl (C=O) groups excluding carboxylic acids is 1. The summed E-state index contributed by atoms with van der Waals surface area (Å²) in [5.41, 5.74) is 6.06. The first-order valence-corrected chi connectivity index (χ1v) is 5.32. The third-order valence-corrected chi connectivity index (χ3v) is 2.68. The van der Waals surface area contributed by atoms with Gasteiger partial charge < -0.3 is 0 Å². The Balaban J connectivity index is 2.31. The molecule has 74 valence electrons. The van der Waals surface area contributed by atoms with E-state index in [1.54, 1.807) is 18.7 Å². The van der Waals surface area contributed by atoms with Crippen molar-refractivity contribution in [3.63, 3.8) is 0 Å². The molecule has 1 unspecified atom stereocenters. The zero-order valence-corrected chi connectivity index (χ0v) is 8.78. The van der Waals surface area contributed by atoms with E-state index in [0.717, 1.165) is 18.0 Å². The van der Waals surface area contributed by atoms with E-state index in [-0.39, 0.29) is 12.3 Å². The molecule has 0 bridgehead atoms. The molecule has 0 spiro atoms. The second-order valence-corrected chi connectivity index (χ2v) is 4.18. The number of nitrogens with zero attached hydrogens (tertiary/aromatic N) is 1. The molecule has 5 heteroatoms. The molecule has 0 saturated carbocycles. The monoisotopic (exact) mass is 201 g/mol. The lowest BCUT2D eigenvalue weighted by Gasteiger charge is -2.02. The fourth-order valence-electron chi connectivity index (χ4n) is 0.989. The summed E-state index contributed by atoms with van der Waals surface area (Å²) in [5, 5.41) is 1.23. The molecule has 0 aromatic rings. The van der Waals surface area contributed by atoms with Gasteiger partial charge in [-0.3, -0.25) is 15.2 Å². The zero-order valence-electron chi connectivity index (χ0n) is 7.96. The molecule has 0 aromatic heterocycles. The summed E-state index contributed by atoms with van der Waals surface area (Å²) < 4.78 is 0. The number of amidine groups is 1. The summed E-state index contributed by atoms with van der Waals surface area (Å²) in [6, 6.07) is 0. The van der Waals surface area contributed by atoms with Crippen LogP contribution in [0.5, 0.6) is 0 Å². The maximum absolute atomic E-state index is 10.6. The Hall–Kier alpha value is -0.550. The van der Waals surface area contributed by atoms with Gasteiger partial charge in [0.15, 0.2) is 11.0 Å². The molecular formula is C8H15N3OS. The van der Waals surface area contributed by atoms with Gasteiger partial charge in [0.25, 0.3) is 0 Å². The van der Waals surface area contributed by atoms with Gasteiger partial charge in [-0.15, -0.1) is 0 Å². The van der Waals surface area contributed by atoms with Crippen LogP contribution < -0.4 is 10.9 Å². The van der Waals surface area contributed by atoms with Crippen LogP contribution in [0, 0.1) is 0 Å². The lowest BCUT2D eigenvalue weighted by Crippen LogP contribution is -2.31. The normalized spacial score (nSPS) is 24.8. The quantitative estimate of drug-likeness (QED) is 0.709. The molecular weight excluding hydrogens is 186 g/mol. The Morgan fingerprint density at radius 1 is 1.69 bits per heavy atom. The summed E-state index contributed by atoms with van der Waals surface area (Å²) in [6.45, 7) is 3.96. The lowest BCUT2D eigenvalue weighted by atomic mass is 10.3. The maximum atomic E-state index is 10.6. The number of carbonyl (C=O) groups is 1. The van der Waals surface area contributed by atoms with Crippen LogP contribution in [0.25, 0.3) is 0 Å². The molecule has 1 fully saturated rings. The van der Waals surface area contributed by atoms with Crippen LogP contribution in [0.15, 0.2) is 4.99 Å². The number of nitrogens with one attached hydrogen (secondary N) is 2. The Morgan fingerprint density at radius 2 is 2.46 bits per heavy atom. The minimum Gasteiger partial charge on any atom is -0.299 e. The van der Waals surface area contributed by atoms with Gasteiger partial charge in [-0.05, 0) is 13.3 Å². The number of aliphatic imine (C=N–C) groups is 1. The van der Waals surface area contributed by atoms with E-state index in [2.05, 4.69) is 22.8 Å². The van der Waals surface area contributed by atoms with E-state index in [1.807, 2.05) is 0 Å². The van der Waals surface area contributed by atoms with Crippen molar-refractivity contribution in [2.75, 3.05) is 6.54 Å². The van der Waals surface area contributed by atoms with E-state index >= 15 is 0 Å². The van der Waals surface area contributed by atoms with Gasteiger partial charge in [-0.2, -0.15) is 0 Å². The predicted molar refractivity (Wildman–Crippen MR) is 55.5 cm³/mol. The van der Waals surface area contributed by atoms with E-state index < -0.39 is 0 Å². The average Bonchev–Trinajstić information content (AvgIpc) is 2.50. The van der Waals surface area contributed by atoms with E-state index in [4.69, 9.17) is 0 Å². The number of hydrogen-bond acceptors (Lipinski definition) is 4. The highest BCUT2D eigenvalue weighted by molar-refractivity contribution is 8.14. The molecule has 1 aliphatic heterocycles. The van der Waals surface area contributed by atoms with Crippen molar-refractivity contribution < 1.29 is 4.79 Å². The maximum Gasteiger partial charge on any atom is 0.173 e. The molecule has 0 aliphatic carbocycles. The molecule has 1 aliphatic rings. The highest BCUT2D eigenvalue weighted by atomic mass is 32.2. The Kier molecular flexibility index (Phi) is 4.24. The number of hydrazine groups is 1. The van der Waals surface area contributed by atoms with Crippen molar-refractivity contribution >= 4 is 22.7 Å². The summed E-state index contributed by atoms with van der Waals surface area (Å²) in [7, 11) is 0. The van der Waals surface area contributed by atoms with Crippen LogP contribution in [-0.4, -0.2) is 22.9 Å². The van der Waals surface area contributed by atoms with Crippen LogP contribution in [0.2, 0.25) is 0 Å². The van der Waals surface area contributed by atoms with Gasteiger partial charge in [0.2, 0.25) is 0 Å². The lowest BCUT2D eigenvalue weighted by molar-refractivity contribution is -0.115. The molecule has 2 N–H and O–H groups in total. The van der Waals surface area contributed by atoms with Crippen LogP contribution in [0.3, 0.4) is 0 Å². The fourth-order valence-corrected chi connectivity index (χ4v) is 1.99. The van der Waals surface area contributed by atoms with Gasteiger partial charge in [0.05, 0.1) is 5.37 Å². The Labute approximate surface area is 82.5 Å². The van der Waals surface area contributed by atoms with Gasteiger partial charge in [0.1, 0.15) is 6.54 Å². The molecule has 13 heavy (non-hydrogen) atoms. The van der Waals surface area contributed by atoms with Crippen molar-refractivity contribution in [1.29, 1.82) is 0 Å². The van der Waals surface area contributed by atoms with Crippen LogP contribution >= 0.6 is 11.8 Å². The van der Waals surface area contributed by atoms with Gasteiger partial charge in [-0.25, -0.2) is 5.43 Å². The first kappa shape index (κ1) is 10.5. The first-order valence-electron chi connectivity index (χ1n) is 4.44. The summed E-state index contributed by atoms with van der Waals surface area (Å²) in [5.74, 6) is 0.0915. The van der Waals surface area contributed by atoms with Gasteiger partial charge in [-0.1, -0.05) is 25.1 Å². The number of hydrogen-bond donors (Lipinski definition) is 2. The van der Waals surface area contributed by atoms with Crippen LogP contribution in [-0.2, 0) is 4.79 Å². The van der Waals surface area contributed by atoms with Crippen molar-refractivity contribution in [2.24, 2.45) is 4.99 Å². The second-order valence-electron chi connectivity index (χ2n) is 2.99. The molecule has 1 saturated heterocycles.